The smallest absolute Gasteiger partial charge is 0.127 e. The summed E-state index contributed by atoms with van der Waals surface area (Å²) < 4.78 is 13.2. The van der Waals surface area contributed by atoms with Crippen molar-refractivity contribution in [1.29, 1.82) is 0 Å². The van der Waals surface area contributed by atoms with Gasteiger partial charge in [0.15, 0.2) is 0 Å². The van der Waals surface area contributed by atoms with Crippen LogP contribution in [0.5, 0.6) is 17.2 Å². The van der Waals surface area contributed by atoms with Crippen LogP contribution in [0.2, 0.25) is 5.02 Å². The molecule has 136 valence electrons. The Morgan fingerprint density at radius 1 is 0.889 bits per heavy atom. The van der Waals surface area contributed by atoms with E-state index in [1.54, 1.807) is 7.11 Å². The van der Waals surface area contributed by atoms with Crippen molar-refractivity contribution in [3.63, 3.8) is 0 Å². The van der Waals surface area contributed by atoms with E-state index in [0.29, 0.717) is 5.02 Å². The third-order valence-electron chi connectivity index (χ3n) is 4.48. The number of halogens is 1. The Balaban J connectivity index is 1.53. The van der Waals surface area contributed by atoms with E-state index in [0.717, 1.165) is 40.7 Å². The van der Waals surface area contributed by atoms with Gasteiger partial charge in [-0.1, -0.05) is 29.8 Å². The Bertz CT molecular complexity index is 1070. The lowest BCUT2D eigenvalue weighted by atomic mass is 10.2. The summed E-state index contributed by atoms with van der Waals surface area (Å²) in [6, 6.07) is 21.5. The first-order valence-electron chi connectivity index (χ1n) is 8.66. The number of fused-ring (bicyclic) bond motifs is 1. The van der Waals surface area contributed by atoms with Gasteiger partial charge in [0.05, 0.1) is 17.6 Å². The number of nitrogens with zero attached hydrogens (tertiary/aromatic N) is 2. The topological polar surface area (TPSA) is 36.3 Å². The summed E-state index contributed by atoms with van der Waals surface area (Å²) >= 11 is 6.26. The van der Waals surface area contributed by atoms with Gasteiger partial charge in [-0.05, 0) is 61.0 Å². The largest absolute Gasteiger partial charge is 0.497 e. The molecule has 0 saturated heterocycles. The molecule has 0 radical (unpaired) electrons. The number of hydrogen-bond acceptors (Lipinski definition) is 3. The van der Waals surface area contributed by atoms with Crippen molar-refractivity contribution in [1.82, 2.24) is 9.55 Å². The Hall–Kier alpha value is -2.98. The van der Waals surface area contributed by atoms with Gasteiger partial charge >= 0.3 is 0 Å². The molecule has 0 unspecified atom stereocenters. The maximum Gasteiger partial charge on any atom is 0.127 e. The molecule has 5 heteroatoms. The number of methoxy groups -OCH3 is 1. The van der Waals surface area contributed by atoms with E-state index in [1.165, 1.54) is 5.56 Å². The zero-order valence-electron chi connectivity index (χ0n) is 15.1. The fraction of sp³-hybridized carbons (Fsp3) is 0.136. The van der Waals surface area contributed by atoms with E-state index in [4.69, 9.17) is 21.1 Å². The number of imidazole rings is 1. The number of hydrogen-bond donors (Lipinski definition) is 0. The van der Waals surface area contributed by atoms with Crippen LogP contribution in [-0.4, -0.2) is 16.7 Å². The monoisotopic (exact) mass is 378 g/mol. The average Bonchev–Trinajstić information content (AvgIpc) is 3.01. The van der Waals surface area contributed by atoms with Crippen molar-refractivity contribution >= 4 is 22.6 Å². The minimum atomic E-state index is 0.678. The SMILES string of the molecule is COc1ccc(Oc2ccc(Cn3c(C)nc4c(Cl)cccc43)cc2)cc1. The van der Waals surface area contributed by atoms with Crippen LogP contribution in [0.4, 0.5) is 0 Å². The molecule has 1 aromatic heterocycles. The molecule has 4 rings (SSSR count). The van der Waals surface area contributed by atoms with Crippen LogP contribution in [0, 0.1) is 6.92 Å². The maximum atomic E-state index is 6.26. The number of ether oxygens (including phenoxy) is 2. The number of para-hydroxylation sites is 1. The Labute approximate surface area is 162 Å². The van der Waals surface area contributed by atoms with Crippen LogP contribution in [0.3, 0.4) is 0 Å². The highest BCUT2D eigenvalue weighted by Crippen LogP contribution is 2.26. The molecule has 0 saturated carbocycles. The molecular weight excluding hydrogens is 360 g/mol. The third kappa shape index (κ3) is 3.62. The van der Waals surface area contributed by atoms with Gasteiger partial charge in [-0.15, -0.1) is 0 Å². The zero-order chi connectivity index (χ0) is 18.8. The second-order valence-corrected chi connectivity index (χ2v) is 6.68. The van der Waals surface area contributed by atoms with Crippen LogP contribution in [0.15, 0.2) is 66.7 Å². The van der Waals surface area contributed by atoms with Crippen LogP contribution in [0.25, 0.3) is 11.0 Å². The van der Waals surface area contributed by atoms with E-state index in [1.807, 2.05) is 61.5 Å². The third-order valence-corrected chi connectivity index (χ3v) is 4.78. The predicted octanol–water partition coefficient (Wildman–Crippen LogP) is 5.85. The number of aryl methyl sites for hydroxylation is 1. The van der Waals surface area contributed by atoms with Gasteiger partial charge in [0.25, 0.3) is 0 Å². The minimum Gasteiger partial charge on any atom is -0.497 e. The predicted molar refractivity (Wildman–Crippen MR) is 108 cm³/mol. The molecule has 0 atom stereocenters. The van der Waals surface area contributed by atoms with Gasteiger partial charge in [-0.25, -0.2) is 4.98 Å². The van der Waals surface area contributed by atoms with Crippen molar-refractivity contribution in [2.45, 2.75) is 13.5 Å². The summed E-state index contributed by atoms with van der Waals surface area (Å²) in [6.07, 6.45) is 0. The molecule has 0 N–H and O–H groups in total. The highest BCUT2D eigenvalue weighted by molar-refractivity contribution is 6.34. The van der Waals surface area contributed by atoms with Crippen molar-refractivity contribution in [2.24, 2.45) is 0 Å². The highest BCUT2D eigenvalue weighted by atomic mass is 35.5. The molecule has 0 aliphatic carbocycles. The summed E-state index contributed by atoms with van der Waals surface area (Å²) in [6.45, 7) is 2.73. The Morgan fingerprint density at radius 2 is 1.52 bits per heavy atom. The lowest BCUT2D eigenvalue weighted by Gasteiger charge is -2.10. The minimum absolute atomic E-state index is 0.678. The summed E-state index contributed by atoms with van der Waals surface area (Å²) in [5.74, 6) is 3.31. The average molecular weight is 379 g/mol. The Morgan fingerprint density at radius 3 is 2.19 bits per heavy atom. The van der Waals surface area contributed by atoms with Crippen molar-refractivity contribution in [3.8, 4) is 17.2 Å². The molecule has 1 heterocycles. The molecule has 0 aliphatic heterocycles. The van der Waals surface area contributed by atoms with Gasteiger partial charge in [0, 0.05) is 6.54 Å². The van der Waals surface area contributed by atoms with Crippen LogP contribution >= 0.6 is 11.6 Å². The van der Waals surface area contributed by atoms with E-state index < -0.39 is 0 Å². The molecule has 0 amide bonds. The van der Waals surface area contributed by atoms with E-state index in [9.17, 15) is 0 Å². The van der Waals surface area contributed by atoms with Gasteiger partial charge in [0.2, 0.25) is 0 Å². The molecule has 0 spiro atoms. The first-order chi connectivity index (χ1) is 13.1. The molecule has 0 bridgehead atoms. The van der Waals surface area contributed by atoms with Gasteiger partial charge in [-0.2, -0.15) is 0 Å². The zero-order valence-corrected chi connectivity index (χ0v) is 15.9. The van der Waals surface area contributed by atoms with Crippen LogP contribution in [0.1, 0.15) is 11.4 Å². The van der Waals surface area contributed by atoms with E-state index in [2.05, 4.69) is 21.7 Å². The molecule has 0 aliphatic rings. The molecule has 3 aromatic carbocycles. The first-order valence-corrected chi connectivity index (χ1v) is 9.04. The molecular formula is C22H19ClN2O2. The number of aromatic nitrogens is 2. The van der Waals surface area contributed by atoms with Gasteiger partial charge in [0.1, 0.15) is 28.6 Å². The molecule has 27 heavy (non-hydrogen) atoms. The summed E-state index contributed by atoms with van der Waals surface area (Å²) in [5.41, 5.74) is 3.05. The van der Waals surface area contributed by atoms with Gasteiger partial charge in [-0.3, -0.25) is 0 Å². The lowest BCUT2D eigenvalue weighted by molar-refractivity contribution is 0.413. The lowest BCUT2D eigenvalue weighted by Crippen LogP contribution is -2.01. The second kappa shape index (κ2) is 7.33. The summed E-state index contributed by atoms with van der Waals surface area (Å²) in [4.78, 5) is 4.59. The van der Waals surface area contributed by atoms with Gasteiger partial charge < -0.3 is 14.0 Å². The molecule has 0 fully saturated rings. The summed E-state index contributed by atoms with van der Waals surface area (Å²) in [5, 5.41) is 0.678. The fourth-order valence-corrected chi connectivity index (χ4v) is 3.27. The summed E-state index contributed by atoms with van der Waals surface area (Å²) in [7, 11) is 1.65. The fourth-order valence-electron chi connectivity index (χ4n) is 3.05. The number of rotatable bonds is 5. The van der Waals surface area contributed by atoms with Crippen molar-refractivity contribution in [3.05, 3.63) is 83.1 Å². The highest BCUT2D eigenvalue weighted by Gasteiger charge is 2.10. The van der Waals surface area contributed by atoms with Crippen molar-refractivity contribution < 1.29 is 9.47 Å². The second-order valence-electron chi connectivity index (χ2n) is 6.27. The van der Waals surface area contributed by atoms with E-state index >= 15 is 0 Å². The quantitative estimate of drug-likeness (QED) is 0.437. The molecule has 4 aromatic rings. The van der Waals surface area contributed by atoms with E-state index in [-0.39, 0.29) is 0 Å². The van der Waals surface area contributed by atoms with Crippen molar-refractivity contribution in [2.75, 3.05) is 7.11 Å². The standard InChI is InChI=1S/C22H19ClN2O2/c1-15-24-22-20(23)4-3-5-21(22)25(15)14-16-6-8-18(9-7-16)27-19-12-10-17(26-2)11-13-19/h3-13H,14H2,1-2H3. The van der Waals surface area contributed by atoms with Crippen LogP contribution in [-0.2, 0) is 6.54 Å². The first kappa shape index (κ1) is 17.4. The molecule has 4 nitrogen and oxygen atoms in total. The number of benzene rings is 3. The Kier molecular flexibility index (Phi) is 4.73. The van der Waals surface area contributed by atoms with Crippen LogP contribution < -0.4 is 9.47 Å². The normalized spacial score (nSPS) is 10.9. The maximum absolute atomic E-state index is 6.26.